The number of methoxy groups -OCH3 is 1. The van der Waals surface area contributed by atoms with E-state index in [9.17, 15) is 4.79 Å². The molecule has 2 aliphatic carbocycles. The van der Waals surface area contributed by atoms with E-state index >= 15 is 0 Å². The van der Waals surface area contributed by atoms with Crippen LogP contribution in [0.25, 0.3) is 0 Å². The summed E-state index contributed by atoms with van der Waals surface area (Å²) in [4.78, 5) is 12.7. The van der Waals surface area contributed by atoms with Crippen LogP contribution >= 0.6 is 0 Å². The Morgan fingerprint density at radius 3 is 2.48 bits per heavy atom. The summed E-state index contributed by atoms with van der Waals surface area (Å²) in [5.74, 6) is 1.99. The maximum Gasteiger partial charge on any atom is 0.291 e. The van der Waals surface area contributed by atoms with E-state index in [-0.39, 0.29) is 16.3 Å². The molecule has 0 N–H and O–H groups in total. The smallest absolute Gasteiger partial charge is 0.291 e. The van der Waals surface area contributed by atoms with E-state index in [2.05, 4.69) is 46.8 Å². The van der Waals surface area contributed by atoms with E-state index in [0.717, 1.165) is 17.7 Å². The second-order valence-corrected chi connectivity index (χ2v) is 8.19. The van der Waals surface area contributed by atoms with Gasteiger partial charge >= 0.3 is 0 Å². The van der Waals surface area contributed by atoms with E-state index in [1.807, 2.05) is 6.92 Å². The van der Waals surface area contributed by atoms with Crippen molar-refractivity contribution in [1.29, 1.82) is 0 Å². The minimum atomic E-state index is -0.176. The first kappa shape index (κ1) is 18.0. The summed E-state index contributed by atoms with van der Waals surface area (Å²) in [6.07, 6.45) is 5.77. The Morgan fingerprint density at radius 2 is 1.92 bits per heavy atom. The minimum Gasteiger partial charge on any atom is -0.468 e. The second-order valence-electron chi connectivity index (χ2n) is 8.19. The normalized spacial score (nSPS) is 33.9. The highest BCUT2D eigenvalue weighted by molar-refractivity contribution is 5.52. The Balaban J connectivity index is 2.16. The number of ether oxygens (including phenoxy) is 1. The van der Waals surface area contributed by atoms with Gasteiger partial charge in [-0.15, -0.1) is 0 Å². The van der Waals surface area contributed by atoms with Crippen molar-refractivity contribution in [3.05, 3.63) is 50.4 Å². The Hall–Kier alpha value is -1.77. The molecule has 2 aliphatic rings. The first-order chi connectivity index (χ1) is 11.6. The van der Waals surface area contributed by atoms with Crippen molar-refractivity contribution in [3.8, 4) is 5.95 Å². The topological polar surface area (TPSA) is 39.4 Å². The van der Waals surface area contributed by atoms with Gasteiger partial charge in [0.15, 0.2) is 5.43 Å². The molecular formula is C22H30O3. The van der Waals surface area contributed by atoms with Crippen molar-refractivity contribution >= 4 is 0 Å². The summed E-state index contributed by atoms with van der Waals surface area (Å²) in [5, 5.41) is 0. The number of fused-ring (bicyclic) bond motifs is 1. The standard InChI is InChI=1S/C22H30O3/c1-9-10-12(2)16-13(3)11-21(6)18(16)22(21,7)19-14(4)17(23)15(5)20(24-8)25-19/h10-11,16,18H,9H2,1-8H3/b12-10+/t16?,18-,21+,22-/m1/s1. The highest BCUT2D eigenvalue weighted by atomic mass is 16.6. The molecule has 1 heterocycles. The molecule has 0 saturated heterocycles. The summed E-state index contributed by atoms with van der Waals surface area (Å²) in [5.41, 5.74) is 4.01. The van der Waals surface area contributed by atoms with Crippen LogP contribution in [0.2, 0.25) is 0 Å². The van der Waals surface area contributed by atoms with Gasteiger partial charge in [0.1, 0.15) is 5.76 Å². The molecule has 3 rings (SSSR count). The van der Waals surface area contributed by atoms with Gasteiger partial charge in [-0.3, -0.25) is 4.79 Å². The van der Waals surface area contributed by atoms with Crippen LogP contribution in [0, 0.1) is 31.1 Å². The molecule has 0 radical (unpaired) electrons. The highest BCUT2D eigenvalue weighted by Gasteiger charge is 2.77. The van der Waals surface area contributed by atoms with Gasteiger partial charge in [0.25, 0.3) is 5.95 Å². The van der Waals surface area contributed by atoms with Crippen molar-refractivity contribution in [3.63, 3.8) is 0 Å². The molecule has 0 aromatic carbocycles. The van der Waals surface area contributed by atoms with Crippen LogP contribution in [0.4, 0.5) is 0 Å². The summed E-state index contributed by atoms with van der Waals surface area (Å²) in [6, 6.07) is 0. The van der Waals surface area contributed by atoms with Crippen LogP contribution in [-0.4, -0.2) is 7.11 Å². The fourth-order valence-corrected chi connectivity index (χ4v) is 5.48. The zero-order valence-corrected chi connectivity index (χ0v) is 16.7. The number of rotatable bonds is 4. The average Bonchev–Trinajstić information content (AvgIpc) is 2.86. The lowest BCUT2D eigenvalue weighted by molar-refractivity contribution is 0.262. The number of allylic oxidation sites excluding steroid dienone is 4. The van der Waals surface area contributed by atoms with E-state index < -0.39 is 0 Å². The Bertz CT molecular complexity index is 842. The largest absolute Gasteiger partial charge is 0.468 e. The van der Waals surface area contributed by atoms with Crippen LogP contribution in [-0.2, 0) is 5.41 Å². The van der Waals surface area contributed by atoms with Gasteiger partial charge in [0.2, 0.25) is 0 Å². The Morgan fingerprint density at radius 1 is 1.28 bits per heavy atom. The third kappa shape index (κ3) is 2.14. The molecule has 1 saturated carbocycles. The van der Waals surface area contributed by atoms with E-state index in [1.54, 1.807) is 14.0 Å². The molecule has 1 aromatic rings. The molecule has 0 spiro atoms. The third-order valence-electron chi connectivity index (χ3n) is 6.85. The zero-order chi connectivity index (χ0) is 18.7. The van der Waals surface area contributed by atoms with Crippen LogP contribution in [0.3, 0.4) is 0 Å². The van der Waals surface area contributed by atoms with Gasteiger partial charge in [-0.2, -0.15) is 0 Å². The Labute approximate surface area is 150 Å². The van der Waals surface area contributed by atoms with Crippen LogP contribution in [0.5, 0.6) is 5.95 Å². The molecule has 136 valence electrons. The van der Waals surface area contributed by atoms with Crippen LogP contribution in [0.15, 0.2) is 32.5 Å². The molecule has 1 aromatic heterocycles. The summed E-state index contributed by atoms with van der Waals surface area (Å²) in [6.45, 7) is 14.8. The monoisotopic (exact) mass is 342 g/mol. The van der Waals surface area contributed by atoms with Crippen molar-refractivity contribution in [2.75, 3.05) is 7.11 Å². The van der Waals surface area contributed by atoms with E-state index in [0.29, 0.717) is 23.3 Å². The average molecular weight is 342 g/mol. The molecule has 3 heteroatoms. The van der Waals surface area contributed by atoms with Gasteiger partial charge in [0, 0.05) is 22.3 Å². The van der Waals surface area contributed by atoms with Crippen molar-refractivity contribution in [2.24, 2.45) is 17.3 Å². The molecule has 25 heavy (non-hydrogen) atoms. The van der Waals surface area contributed by atoms with Gasteiger partial charge in [-0.1, -0.05) is 44.1 Å². The van der Waals surface area contributed by atoms with Gasteiger partial charge in [-0.05, 0) is 40.0 Å². The van der Waals surface area contributed by atoms with E-state index in [4.69, 9.17) is 9.15 Å². The minimum absolute atomic E-state index is 0.0194. The first-order valence-corrected chi connectivity index (χ1v) is 9.19. The molecule has 0 aliphatic heterocycles. The molecule has 0 bridgehead atoms. The van der Waals surface area contributed by atoms with E-state index in [1.165, 1.54) is 11.1 Å². The summed E-state index contributed by atoms with van der Waals surface area (Å²) >= 11 is 0. The highest BCUT2D eigenvalue weighted by Crippen LogP contribution is 2.78. The molecule has 4 atom stereocenters. The Kier molecular flexibility index (Phi) is 4.05. The lowest BCUT2D eigenvalue weighted by atomic mass is 9.82. The predicted octanol–water partition coefficient (Wildman–Crippen LogP) is 5.09. The first-order valence-electron chi connectivity index (χ1n) is 9.19. The van der Waals surface area contributed by atoms with Crippen molar-refractivity contribution in [2.45, 2.75) is 60.3 Å². The fraction of sp³-hybridized carbons (Fsp3) is 0.591. The molecule has 1 unspecified atom stereocenters. The molecule has 3 nitrogen and oxygen atoms in total. The lowest BCUT2D eigenvalue weighted by Gasteiger charge is -2.24. The van der Waals surface area contributed by atoms with Crippen molar-refractivity contribution < 1.29 is 9.15 Å². The van der Waals surface area contributed by atoms with Gasteiger partial charge in [-0.25, -0.2) is 0 Å². The maximum absolute atomic E-state index is 12.7. The summed E-state index contributed by atoms with van der Waals surface area (Å²) in [7, 11) is 1.56. The van der Waals surface area contributed by atoms with Gasteiger partial charge in [0.05, 0.1) is 12.7 Å². The fourth-order valence-electron chi connectivity index (χ4n) is 5.48. The SMILES string of the molecule is CC/C=C(\C)C1C(C)=C[C@@]2(C)[C@@H]1[C@]2(C)c1oc(OC)c(C)c(=O)c1C. The van der Waals surface area contributed by atoms with Gasteiger partial charge < -0.3 is 9.15 Å². The number of hydrogen-bond acceptors (Lipinski definition) is 3. The molecular weight excluding hydrogens is 312 g/mol. The molecule has 0 amide bonds. The zero-order valence-electron chi connectivity index (χ0n) is 16.7. The quantitative estimate of drug-likeness (QED) is 0.715. The molecule has 1 fully saturated rings. The van der Waals surface area contributed by atoms with Crippen LogP contribution < -0.4 is 10.2 Å². The van der Waals surface area contributed by atoms with Crippen molar-refractivity contribution in [1.82, 2.24) is 0 Å². The number of hydrogen-bond donors (Lipinski definition) is 0. The third-order valence-corrected chi connectivity index (χ3v) is 6.85. The second kappa shape index (κ2) is 5.62. The predicted molar refractivity (Wildman–Crippen MR) is 101 cm³/mol. The lowest BCUT2D eigenvalue weighted by Crippen LogP contribution is -2.23. The maximum atomic E-state index is 12.7. The summed E-state index contributed by atoms with van der Waals surface area (Å²) < 4.78 is 11.5. The van der Waals surface area contributed by atoms with Crippen LogP contribution in [0.1, 0.15) is 57.9 Å².